The summed E-state index contributed by atoms with van der Waals surface area (Å²) in [4.78, 5) is 0. The Morgan fingerprint density at radius 2 is 1.95 bits per heavy atom. The second kappa shape index (κ2) is 7.33. The maximum atomic E-state index is 4.70. The molecule has 21 heavy (non-hydrogen) atoms. The van der Waals surface area contributed by atoms with Crippen LogP contribution in [0.2, 0.25) is 0 Å². The van der Waals surface area contributed by atoms with Crippen molar-refractivity contribution < 1.29 is 0 Å². The molecule has 1 saturated carbocycles. The molecule has 120 valence electrons. The first-order chi connectivity index (χ1) is 10.0. The number of rotatable bonds is 5. The lowest BCUT2D eigenvalue weighted by Crippen LogP contribution is -2.19. The van der Waals surface area contributed by atoms with Crippen molar-refractivity contribution >= 4 is 5.69 Å². The monoisotopic (exact) mass is 291 g/mol. The van der Waals surface area contributed by atoms with Crippen LogP contribution < -0.4 is 5.32 Å². The van der Waals surface area contributed by atoms with E-state index in [-0.39, 0.29) is 0 Å². The normalized spacial score (nSPS) is 23.3. The Labute approximate surface area is 130 Å². The second-order valence-electron chi connectivity index (χ2n) is 7.09. The zero-order valence-corrected chi connectivity index (χ0v) is 14.6. The Morgan fingerprint density at radius 3 is 2.57 bits per heavy atom. The highest BCUT2D eigenvalue weighted by Gasteiger charge is 2.21. The van der Waals surface area contributed by atoms with Gasteiger partial charge in [-0.25, -0.2) is 0 Å². The van der Waals surface area contributed by atoms with Crippen LogP contribution in [0.5, 0.6) is 0 Å². The van der Waals surface area contributed by atoms with E-state index in [1.165, 1.54) is 56.3 Å². The molecule has 1 aromatic rings. The van der Waals surface area contributed by atoms with E-state index in [0.717, 1.165) is 11.6 Å². The van der Waals surface area contributed by atoms with Crippen molar-refractivity contribution in [3.8, 4) is 0 Å². The number of hydrogen-bond acceptors (Lipinski definition) is 2. The van der Waals surface area contributed by atoms with Crippen LogP contribution in [0.15, 0.2) is 0 Å². The Kier molecular flexibility index (Phi) is 5.72. The Hall–Kier alpha value is -0.990. The van der Waals surface area contributed by atoms with Gasteiger partial charge in [0, 0.05) is 12.1 Å². The second-order valence-corrected chi connectivity index (χ2v) is 7.09. The van der Waals surface area contributed by atoms with Gasteiger partial charge in [-0.3, -0.25) is 4.68 Å². The van der Waals surface area contributed by atoms with E-state index in [2.05, 4.69) is 44.6 Å². The van der Waals surface area contributed by atoms with Crippen molar-refractivity contribution in [2.75, 3.05) is 5.32 Å². The molecule has 0 saturated heterocycles. The minimum absolute atomic E-state index is 0.433. The first-order valence-corrected chi connectivity index (χ1v) is 8.85. The zero-order chi connectivity index (χ0) is 15.4. The summed E-state index contributed by atoms with van der Waals surface area (Å²) < 4.78 is 2.15. The molecule has 1 aromatic heterocycles. The standard InChI is InChI=1S/C18H33N3/c1-6-8-16-9-7-10-17(12-11-16)19-18-14(4)20-21(13(2)3)15(18)5/h13,16-17,19H,6-12H2,1-5H3. The van der Waals surface area contributed by atoms with Crippen LogP contribution in [-0.2, 0) is 0 Å². The molecule has 1 aliphatic rings. The zero-order valence-electron chi connectivity index (χ0n) is 14.6. The number of anilines is 1. The summed E-state index contributed by atoms with van der Waals surface area (Å²) in [6, 6.07) is 1.07. The summed E-state index contributed by atoms with van der Waals surface area (Å²) in [6.45, 7) is 11.0. The predicted octanol–water partition coefficient (Wildman–Crippen LogP) is 5.24. The highest BCUT2D eigenvalue weighted by atomic mass is 15.3. The molecular weight excluding hydrogens is 258 g/mol. The molecule has 1 fully saturated rings. The Bertz CT molecular complexity index is 448. The quantitative estimate of drug-likeness (QED) is 0.752. The third-order valence-electron chi connectivity index (χ3n) is 4.95. The topological polar surface area (TPSA) is 29.9 Å². The van der Waals surface area contributed by atoms with Crippen LogP contribution in [0.4, 0.5) is 5.69 Å². The lowest BCUT2D eigenvalue weighted by molar-refractivity contribution is 0.422. The molecular formula is C18H33N3. The van der Waals surface area contributed by atoms with Gasteiger partial charge in [-0.2, -0.15) is 5.10 Å². The van der Waals surface area contributed by atoms with Crippen molar-refractivity contribution in [2.24, 2.45) is 5.92 Å². The van der Waals surface area contributed by atoms with Crippen molar-refractivity contribution in [3.63, 3.8) is 0 Å². The van der Waals surface area contributed by atoms with Gasteiger partial charge >= 0.3 is 0 Å². The first kappa shape index (κ1) is 16.4. The summed E-state index contributed by atoms with van der Waals surface area (Å²) in [5, 5.41) is 8.51. The minimum Gasteiger partial charge on any atom is -0.379 e. The average molecular weight is 291 g/mol. The van der Waals surface area contributed by atoms with Crippen LogP contribution >= 0.6 is 0 Å². The molecule has 0 amide bonds. The van der Waals surface area contributed by atoms with E-state index < -0.39 is 0 Å². The lowest BCUT2D eigenvalue weighted by Gasteiger charge is -2.19. The van der Waals surface area contributed by atoms with Gasteiger partial charge in [0.2, 0.25) is 0 Å². The van der Waals surface area contributed by atoms with Crippen LogP contribution in [0, 0.1) is 19.8 Å². The van der Waals surface area contributed by atoms with Crippen molar-refractivity contribution in [1.82, 2.24) is 9.78 Å². The summed E-state index contributed by atoms with van der Waals surface area (Å²) in [5.74, 6) is 0.961. The Morgan fingerprint density at radius 1 is 1.19 bits per heavy atom. The number of aryl methyl sites for hydroxylation is 1. The fraction of sp³-hybridized carbons (Fsp3) is 0.833. The summed E-state index contributed by atoms with van der Waals surface area (Å²) in [7, 11) is 0. The maximum absolute atomic E-state index is 4.70. The van der Waals surface area contributed by atoms with Crippen LogP contribution in [0.3, 0.4) is 0 Å². The highest BCUT2D eigenvalue weighted by molar-refractivity contribution is 5.52. The molecule has 3 nitrogen and oxygen atoms in total. The number of hydrogen-bond donors (Lipinski definition) is 1. The molecule has 1 aliphatic carbocycles. The van der Waals surface area contributed by atoms with Gasteiger partial charge in [0.1, 0.15) is 0 Å². The molecule has 2 unspecified atom stereocenters. The number of nitrogens with zero attached hydrogens (tertiary/aromatic N) is 2. The van der Waals surface area contributed by atoms with Crippen molar-refractivity contribution in [1.29, 1.82) is 0 Å². The van der Waals surface area contributed by atoms with Crippen LogP contribution in [-0.4, -0.2) is 15.8 Å². The van der Waals surface area contributed by atoms with Crippen LogP contribution in [0.1, 0.15) is 83.1 Å². The molecule has 3 heteroatoms. The van der Waals surface area contributed by atoms with Gasteiger partial charge in [-0.15, -0.1) is 0 Å². The van der Waals surface area contributed by atoms with Gasteiger partial charge in [0.05, 0.1) is 17.1 Å². The SMILES string of the molecule is CCCC1CCCC(Nc2c(C)nn(C(C)C)c2C)CC1. The van der Waals surface area contributed by atoms with E-state index in [1.54, 1.807) is 0 Å². The number of nitrogens with one attached hydrogen (secondary N) is 1. The molecule has 0 aliphatic heterocycles. The summed E-state index contributed by atoms with van der Waals surface area (Å²) >= 11 is 0. The molecule has 0 spiro atoms. The maximum Gasteiger partial charge on any atom is 0.0828 e. The third kappa shape index (κ3) is 4.02. The van der Waals surface area contributed by atoms with E-state index in [9.17, 15) is 0 Å². The average Bonchev–Trinajstić information content (AvgIpc) is 2.62. The van der Waals surface area contributed by atoms with Gasteiger partial charge < -0.3 is 5.32 Å². The van der Waals surface area contributed by atoms with Gasteiger partial charge in [0.15, 0.2) is 0 Å². The van der Waals surface area contributed by atoms with E-state index >= 15 is 0 Å². The minimum atomic E-state index is 0.433. The van der Waals surface area contributed by atoms with Crippen molar-refractivity contribution in [2.45, 2.75) is 91.6 Å². The lowest BCUT2D eigenvalue weighted by atomic mass is 9.95. The molecule has 2 atom stereocenters. The van der Waals surface area contributed by atoms with Gasteiger partial charge in [0.25, 0.3) is 0 Å². The fourth-order valence-electron chi connectivity index (χ4n) is 3.80. The van der Waals surface area contributed by atoms with E-state index in [1.807, 2.05) is 0 Å². The summed E-state index contributed by atoms with van der Waals surface area (Å²) in [6.07, 6.45) is 9.57. The third-order valence-corrected chi connectivity index (χ3v) is 4.95. The molecule has 0 aromatic carbocycles. The van der Waals surface area contributed by atoms with Gasteiger partial charge in [-0.1, -0.05) is 32.6 Å². The van der Waals surface area contributed by atoms with E-state index in [4.69, 9.17) is 5.10 Å². The van der Waals surface area contributed by atoms with Crippen LogP contribution in [0.25, 0.3) is 0 Å². The number of aromatic nitrogens is 2. The molecule has 1 N–H and O–H groups in total. The van der Waals surface area contributed by atoms with E-state index in [0.29, 0.717) is 12.1 Å². The van der Waals surface area contributed by atoms with Gasteiger partial charge in [-0.05, 0) is 52.9 Å². The molecule has 0 radical (unpaired) electrons. The first-order valence-electron chi connectivity index (χ1n) is 8.85. The highest BCUT2D eigenvalue weighted by Crippen LogP contribution is 2.30. The smallest absolute Gasteiger partial charge is 0.0828 e. The Balaban J connectivity index is 2.02. The predicted molar refractivity (Wildman–Crippen MR) is 91.0 cm³/mol. The largest absolute Gasteiger partial charge is 0.379 e. The molecule has 1 heterocycles. The molecule has 2 rings (SSSR count). The van der Waals surface area contributed by atoms with Crippen molar-refractivity contribution in [3.05, 3.63) is 11.4 Å². The fourth-order valence-corrected chi connectivity index (χ4v) is 3.80. The molecule has 0 bridgehead atoms. The summed E-state index contributed by atoms with van der Waals surface area (Å²) in [5.41, 5.74) is 3.72.